The highest BCUT2D eigenvalue weighted by Crippen LogP contribution is 2.34. The van der Waals surface area contributed by atoms with Crippen LogP contribution in [0.15, 0.2) is 69.7 Å². The maximum absolute atomic E-state index is 13.2. The monoisotopic (exact) mass is 452 g/mol. The van der Waals surface area contributed by atoms with Crippen molar-refractivity contribution in [1.29, 1.82) is 0 Å². The van der Waals surface area contributed by atoms with E-state index >= 15 is 0 Å². The number of hydrogen-bond donors (Lipinski definition) is 0. The summed E-state index contributed by atoms with van der Waals surface area (Å²) in [6.07, 6.45) is 5.36. The van der Waals surface area contributed by atoms with Gasteiger partial charge in [-0.25, -0.2) is 15.0 Å². The van der Waals surface area contributed by atoms with Crippen LogP contribution in [0.2, 0.25) is 5.02 Å². The van der Waals surface area contributed by atoms with Crippen LogP contribution in [0.4, 0.5) is 0 Å². The van der Waals surface area contributed by atoms with Gasteiger partial charge in [0.2, 0.25) is 0 Å². The molecule has 0 aliphatic carbocycles. The molecule has 0 bridgehead atoms. The molecular formula is C21H17ClN6O2S. The number of amides is 1. The standard InChI is InChI=1S/C21H17ClN6O2S/c1-27-20-15(10-25-27)21(24-12-23-20)31-11-19(29)28-17(18-3-2-8-30-18)9-16(26-28)13-4-6-14(22)7-5-13/h2-8,10,12,17H,9,11H2,1H3/t17-/m1/s1. The molecule has 3 aromatic heterocycles. The van der Waals surface area contributed by atoms with Crippen LogP contribution in [-0.4, -0.2) is 42.1 Å². The summed E-state index contributed by atoms with van der Waals surface area (Å²) >= 11 is 7.35. The summed E-state index contributed by atoms with van der Waals surface area (Å²) in [4.78, 5) is 21.7. The molecule has 5 rings (SSSR count). The average Bonchev–Trinajstić information content (AvgIpc) is 3.53. The van der Waals surface area contributed by atoms with E-state index in [-0.39, 0.29) is 17.7 Å². The van der Waals surface area contributed by atoms with Gasteiger partial charge in [0.25, 0.3) is 5.91 Å². The zero-order chi connectivity index (χ0) is 21.4. The molecule has 31 heavy (non-hydrogen) atoms. The number of furan rings is 1. The Balaban J connectivity index is 1.39. The third-order valence-corrected chi connectivity index (χ3v) is 6.28. The number of hydrazone groups is 1. The summed E-state index contributed by atoms with van der Waals surface area (Å²) in [6, 6.07) is 10.8. The molecule has 0 saturated carbocycles. The van der Waals surface area contributed by atoms with Crippen molar-refractivity contribution in [1.82, 2.24) is 24.8 Å². The largest absolute Gasteiger partial charge is 0.467 e. The third kappa shape index (κ3) is 3.82. The summed E-state index contributed by atoms with van der Waals surface area (Å²) in [5.41, 5.74) is 2.47. The Morgan fingerprint density at radius 1 is 1.26 bits per heavy atom. The first kappa shape index (κ1) is 19.8. The number of fused-ring (bicyclic) bond motifs is 1. The van der Waals surface area contributed by atoms with Gasteiger partial charge in [-0.05, 0) is 29.8 Å². The van der Waals surface area contributed by atoms with Crippen molar-refractivity contribution in [2.24, 2.45) is 12.1 Å². The molecule has 156 valence electrons. The molecule has 0 unspecified atom stereocenters. The van der Waals surface area contributed by atoms with Gasteiger partial charge in [-0.3, -0.25) is 9.48 Å². The molecule has 1 amide bonds. The van der Waals surface area contributed by atoms with Crippen molar-refractivity contribution < 1.29 is 9.21 Å². The molecule has 0 N–H and O–H groups in total. The maximum Gasteiger partial charge on any atom is 0.253 e. The topological polar surface area (TPSA) is 89.4 Å². The fraction of sp³-hybridized carbons (Fsp3) is 0.190. The molecule has 0 radical (unpaired) electrons. The second-order valence-electron chi connectivity index (χ2n) is 7.00. The molecule has 1 atom stereocenters. The van der Waals surface area contributed by atoms with Crippen LogP contribution in [-0.2, 0) is 11.8 Å². The highest BCUT2D eigenvalue weighted by molar-refractivity contribution is 8.00. The minimum atomic E-state index is -0.294. The van der Waals surface area contributed by atoms with Gasteiger partial charge in [-0.2, -0.15) is 10.2 Å². The quantitative estimate of drug-likeness (QED) is 0.335. The summed E-state index contributed by atoms with van der Waals surface area (Å²) in [5, 5.41) is 12.5. The van der Waals surface area contributed by atoms with Crippen LogP contribution >= 0.6 is 23.4 Å². The fourth-order valence-electron chi connectivity index (χ4n) is 3.51. The molecule has 0 spiro atoms. The average molecular weight is 453 g/mol. The number of aryl methyl sites for hydroxylation is 1. The van der Waals surface area contributed by atoms with Crippen molar-refractivity contribution >= 4 is 46.0 Å². The Hall–Kier alpha value is -3.17. The van der Waals surface area contributed by atoms with E-state index < -0.39 is 0 Å². The first-order valence-corrected chi connectivity index (χ1v) is 10.9. The number of halogens is 1. The van der Waals surface area contributed by atoms with Crippen LogP contribution in [0.1, 0.15) is 23.8 Å². The van der Waals surface area contributed by atoms with E-state index in [1.807, 2.05) is 43.4 Å². The van der Waals surface area contributed by atoms with E-state index in [1.165, 1.54) is 23.1 Å². The molecule has 0 saturated heterocycles. The van der Waals surface area contributed by atoms with E-state index in [1.54, 1.807) is 17.1 Å². The number of thioether (sulfide) groups is 1. The number of carbonyl (C=O) groups excluding carboxylic acids is 1. The molecule has 1 aliphatic heterocycles. The smallest absolute Gasteiger partial charge is 0.253 e. The molecular weight excluding hydrogens is 436 g/mol. The van der Waals surface area contributed by atoms with E-state index in [0.717, 1.165) is 22.3 Å². The van der Waals surface area contributed by atoms with Crippen LogP contribution in [0.3, 0.4) is 0 Å². The van der Waals surface area contributed by atoms with Gasteiger partial charge >= 0.3 is 0 Å². The molecule has 10 heteroatoms. The van der Waals surface area contributed by atoms with Gasteiger partial charge in [0.1, 0.15) is 23.2 Å². The lowest BCUT2D eigenvalue weighted by molar-refractivity contribution is -0.130. The maximum atomic E-state index is 13.2. The van der Waals surface area contributed by atoms with Crippen molar-refractivity contribution in [3.63, 3.8) is 0 Å². The zero-order valence-electron chi connectivity index (χ0n) is 16.5. The van der Waals surface area contributed by atoms with Gasteiger partial charge < -0.3 is 4.42 Å². The Kier molecular flexibility index (Phi) is 5.21. The minimum absolute atomic E-state index is 0.133. The van der Waals surface area contributed by atoms with E-state index in [9.17, 15) is 4.79 Å². The van der Waals surface area contributed by atoms with Crippen LogP contribution in [0.5, 0.6) is 0 Å². The van der Waals surface area contributed by atoms with E-state index in [0.29, 0.717) is 22.2 Å². The van der Waals surface area contributed by atoms with Crippen molar-refractivity contribution in [3.05, 3.63) is 71.5 Å². The van der Waals surface area contributed by atoms with Gasteiger partial charge in [0.15, 0.2) is 5.65 Å². The molecule has 0 fully saturated rings. The zero-order valence-corrected chi connectivity index (χ0v) is 18.0. The van der Waals surface area contributed by atoms with Gasteiger partial charge in [0.05, 0.1) is 29.3 Å². The van der Waals surface area contributed by atoms with E-state index in [4.69, 9.17) is 16.0 Å². The lowest BCUT2D eigenvalue weighted by atomic mass is 10.0. The Bertz CT molecular complexity index is 1270. The number of nitrogens with zero attached hydrogens (tertiary/aromatic N) is 6. The Labute approximate surface area is 186 Å². The lowest BCUT2D eigenvalue weighted by Crippen LogP contribution is -2.28. The van der Waals surface area contributed by atoms with Gasteiger partial charge in [0, 0.05) is 18.5 Å². The first-order chi connectivity index (χ1) is 15.1. The molecule has 4 aromatic rings. The molecule has 1 aromatic carbocycles. The van der Waals surface area contributed by atoms with Gasteiger partial charge in [-0.1, -0.05) is 35.5 Å². The predicted octanol–water partition coefficient (Wildman–Crippen LogP) is 4.08. The van der Waals surface area contributed by atoms with E-state index in [2.05, 4.69) is 20.2 Å². The highest BCUT2D eigenvalue weighted by Gasteiger charge is 2.34. The van der Waals surface area contributed by atoms with Crippen LogP contribution < -0.4 is 0 Å². The van der Waals surface area contributed by atoms with Crippen LogP contribution in [0.25, 0.3) is 11.0 Å². The number of rotatable bonds is 5. The lowest BCUT2D eigenvalue weighted by Gasteiger charge is -2.19. The molecule has 1 aliphatic rings. The minimum Gasteiger partial charge on any atom is -0.467 e. The Morgan fingerprint density at radius 3 is 2.87 bits per heavy atom. The number of benzene rings is 1. The number of carbonyl (C=O) groups is 1. The summed E-state index contributed by atoms with van der Waals surface area (Å²) in [6.45, 7) is 0. The number of hydrogen-bond acceptors (Lipinski definition) is 7. The molecule has 4 heterocycles. The molecule has 8 nitrogen and oxygen atoms in total. The second kappa shape index (κ2) is 8.16. The third-order valence-electron chi connectivity index (χ3n) is 5.04. The summed E-state index contributed by atoms with van der Waals surface area (Å²) < 4.78 is 7.28. The fourth-order valence-corrected chi connectivity index (χ4v) is 4.45. The highest BCUT2D eigenvalue weighted by atomic mass is 35.5. The summed E-state index contributed by atoms with van der Waals surface area (Å²) in [7, 11) is 1.82. The van der Waals surface area contributed by atoms with Gasteiger partial charge in [-0.15, -0.1) is 0 Å². The van der Waals surface area contributed by atoms with Crippen molar-refractivity contribution in [2.75, 3.05) is 5.75 Å². The van der Waals surface area contributed by atoms with Crippen LogP contribution in [0, 0.1) is 0 Å². The normalized spacial score (nSPS) is 16.1. The first-order valence-electron chi connectivity index (χ1n) is 9.54. The SMILES string of the molecule is Cn1ncc2c(SCC(=O)N3N=C(c4ccc(Cl)cc4)C[C@@H]3c3ccco3)ncnc21. The van der Waals surface area contributed by atoms with Crippen molar-refractivity contribution in [2.45, 2.75) is 17.5 Å². The second-order valence-corrected chi connectivity index (χ2v) is 8.40. The predicted molar refractivity (Wildman–Crippen MR) is 118 cm³/mol. The number of aromatic nitrogens is 4. The van der Waals surface area contributed by atoms with Crippen molar-refractivity contribution in [3.8, 4) is 0 Å². The summed E-state index contributed by atoms with van der Waals surface area (Å²) in [5.74, 6) is 0.740. The Morgan fingerprint density at radius 2 is 2.10 bits per heavy atom.